The summed E-state index contributed by atoms with van der Waals surface area (Å²) in [4.78, 5) is 3.85. The first-order valence-corrected chi connectivity index (χ1v) is 8.38. The van der Waals surface area contributed by atoms with Gasteiger partial charge in [0, 0.05) is 30.2 Å². The molecule has 0 amide bonds. The maximum absolute atomic E-state index is 14.0. The Morgan fingerprint density at radius 3 is 3.20 bits per heavy atom. The van der Waals surface area contributed by atoms with Crippen molar-refractivity contribution in [3.63, 3.8) is 0 Å². The second-order valence-corrected chi connectivity index (χ2v) is 6.86. The van der Waals surface area contributed by atoms with Crippen LogP contribution in [-0.4, -0.2) is 35.7 Å². The number of nitrogens with one attached hydrogen (secondary N) is 1. The molecule has 110 valence electrons. The largest absolute Gasteiger partial charge is 0.374 e. The number of thioether (sulfide) groups is 1. The zero-order valence-corrected chi connectivity index (χ0v) is 12.6. The van der Waals surface area contributed by atoms with E-state index in [1.807, 2.05) is 18.8 Å². The van der Waals surface area contributed by atoms with Gasteiger partial charge >= 0.3 is 0 Å². The van der Waals surface area contributed by atoms with E-state index in [0.717, 1.165) is 37.2 Å². The van der Waals surface area contributed by atoms with E-state index < -0.39 is 0 Å². The van der Waals surface area contributed by atoms with Crippen molar-refractivity contribution in [2.45, 2.75) is 30.9 Å². The van der Waals surface area contributed by atoms with E-state index in [0.29, 0.717) is 5.92 Å². The number of halogens is 1. The van der Waals surface area contributed by atoms with E-state index in [2.05, 4.69) is 10.3 Å². The Bertz CT molecular complexity index is 465. The molecule has 2 aliphatic heterocycles. The molecule has 3 atom stereocenters. The number of rotatable bonds is 3. The number of ether oxygens (including phenoxy) is 1. The molecule has 0 radical (unpaired) electrons. The van der Waals surface area contributed by atoms with Gasteiger partial charge in [0.05, 0.1) is 11.8 Å². The van der Waals surface area contributed by atoms with Gasteiger partial charge in [-0.05, 0) is 44.0 Å². The topological polar surface area (TPSA) is 34.2 Å². The van der Waals surface area contributed by atoms with Gasteiger partial charge < -0.3 is 10.1 Å². The zero-order chi connectivity index (χ0) is 14.0. The number of aromatic nitrogens is 1. The van der Waals surface area contributed by atoms with E-state index in [1.54, 1.807) is 12.3 Å². The maximum atomic E-state index is 14.0. The van der Waals surface area contributed by atoms with Crippen LogP contribution in [0.25, 0.3) is 0 Å². The minimum Gasteiger partial charge on any atom is -0.374 e. The van der Waals surface area contributed by atoms with Crippen LogP contribution in [0.15, 0.2) is 18.5 Å². The lowest BCUT2D eigenvalue weighted by molar-refractivity contribution is -0.0852. The van der Waals surface area contributed by atoms with Crippen LogP contribution in [0.5, 0.6) is 0 Å². The highest BCUT2D eigenvalue weighted by atomic mass is 32.2. The van der Waals surface area contributed by atoms with Crippen molar-refractivity contribution >= 4 is 11.8 Å². The van der Waals surface area contributed by atoms with Gasteiger partial charge in [0.2, 0.25) is 0 Å². The summed E-state index contributed by atoms with van der Waals surface area (Å²) in [7, 11) is 1.91. The second kappa shape index (κ2) is 6.00. The van der Waals surface area contributed by atoms with Gasteiger partial charge in [-0.15, -0.1) is 0 Å². The number of nitrogens with zero attached hydrogens (tertiary/aromatic N) is 1. The smallest absolute Gasteiger partial charge is 0.146 e. The molecule has 0 aliphatic carbocycles. The molecule has 1 N–H and O–H groups in total. The van der Waals surface area contributed by atoms with Crippen molar-refractivity contribution < 1.29 is 9.13 Å². The monoisotopic (exact) mass is 296 g/mol. The average Bonchev–Trinajstić information content (AvgIpc) is 2.90. The third kappa shape index (κ3) is 2.71. The van der Waals surface area contributed by atoms with Crippen LogP contribution in [0, 0.1) is 11.7 Å². The molecule has 3 unspecified atom stereocenters. The van der Waals surface area contributed by atoms with Crippen molar-refractivity contribution in [3.8, 4) is 0 Å². The summed E-state index contributed by atoms with van der Waals surface area (Å²) in [5, 5.41) is 3.31. The minimum absolute atomic E-state index is 0.0339. The fourth-order valence-corrected chi connectivity index (χ4v) is 4.88. The first-order chi connectivity index (χ1) is 9.74. The van der Waals surface area contributed by atoms with Crippen LogP contribution >= 0.6 is 11.8 Å². The van der Waals surface area contributed by atoms with Gasteiger partial charge in [-0.2, -0.15) is 11.8 Å². The standard InChI is InChI=1S/C15H21FN2OS/c1-17-14(12-2-5-18-9-13(12)16)11-3-6-19-15(8-11)4-7-20-10-15/h2,5,9,11,14,17H,3-4,6-8,10H2,1H3. The summed E-state index contributed by atoms with van der Waals surface area (Å²) < 4.78 is 20.1. The Balaban J connectivity index is 1.81. The van der Waals surface area contributed by atoms with Crippen LogP contribution in [0.1, 0.15) is 30.9 Å². The van der Waals surface area contributed by atoms with E-state index in [-0.39, 0.29) is 17.5 Å². The lowest BCUT2D eigenvalue weighted by Gasteiger charge is -2.41. The average molecular weight is 296 g/mol. The Morgan fingerprint density at radius 1 is 1.60 bits per heavy atom. The highest BCUT2D eigenvalue weighted by molar-refractivity contribution is 7.99. The van der Waals surface area contributed by atoms with E-state index in [9.17, 15) is 4.39 Å². The fourth-order valence-electron chi connectivity index (χ4n) is 3.50. The number of pyridine rings is 1. The van der Waals surface area contributed by atoms with Crippen molar-refractivity contribution in [1.82, 2.24) is 10.3 Å². The fraction of sp³-hybridized carbons (Fsp3) is 0.667. The lowest BCUT2D eigenvalue weighted by Crippen LogP contribution is -2.43. The van der Waals surface area contributed by atoms with Gasteiger partial charge in [0.15, 0.2) is 0 Å². The normalized spacial score (nSPS) is 31.6. The molecule has 2 aliphatic rings. The van der Waals surface area contributed by atoms with Crippen LogP contribution in [0.3, 0.4) is 0 Å². The molecule has 3 heterocycles. The van der Waals surface area contributed by atoms with E-state index in [4.69, 9.17) is 4.74 Å². The molecule has 1 aromatic rings. The van der Waals surface area contributed by atoms with Crippen LogP contribution in [0.4, 0.5) is 4.39 Å². The quantitative estimate of drug-likeness (QED) is 0.930. The zero-order valence-electron chi connectivity index (χ0n) is 11.8. The third-order valence-electron chi connectivity index (χ3n) is 4.52. The molecular weight excluding hydrogens is 275 g/mol. The lowest BCUT2D eigenvalue weighted by atomic mass is 9.79. The highest BCUT2D eigenvalue weighted by Crippen LogP contribution is 2.44. The van der Waals surface area contributed by atoms with Gasteiger partial charge in [0.25, 0.3) is 0 Å². The molecule has 2 saturated heterocycles. The van der Waals surface area contributed by atoms with Crippen LogP contribution in [0.2, 0.25) is 0 Å². The Morgan fingerprint density at radius 2 is 2.50 bits per heavy atom. The predicted molar refractivity (Wildman–Crippen MR) is 79.3 cm³/mol. The summed E-state index contributed by atoms with van der Waals surface area (Å²) in [6.45, 7) is 0.788. The van der Waals surface area contributed by atoms with Crippen molar-refractivity contribution in [1.29, 1.82) is 0 Å². The molecule has 5 heteroatoms. The second-order valence-electron chi connectivity index (χ2n) is 5.75. The first kappa shape index (κ1) is 14.3. The van der Waals surface area contributed by atoms with Gasteiger partial charge in [0.1, 0.15) is 5.82 Å². The Hall–Kier alpha value is -0.650. The number of hydrogen-bond acceptors (Lipinski definition) is 4. The van der Waals surface area contributed by atoms with Crippen LogP contribution < -0.4 is 5.32 Å². The van der Waals surface area contributed by atoms with Crippen LogP contribution in [-0.2, 0) is 4.74 Å². The molecule has 0 saturated carbocycles. The van der Waals surface area contributed by atoms with Gasteiger partial charge in [-0.3, -0.25) is 4.98 Å². The Kier molecular flexibility index (Phi) is 4.29. The predicted octanol–water partition coefficient (Wildman–Crippen LogP) is 2.78. The van der Waals surface area contributed by atoms with Gasteiger partial charge in [-0.25, -0.2) is 4.39 Å². The minimum atomic E-state index is -0.215. The summed E-state index contributed by atoms with van der Waals surface area (Å²) in [6, 6.07) is 1.84. The van der Waals surface area contributed by atoms with E-state index >= 15 is 0 Å². The van der Waals surface area contributed by atoms with Gasteiger partial charge in [-0.1, -0.05) is 0 Å². The van der Waals surface area contributed by atoms with Crippen molar-refractivity contribution in [3.05, 3.63) is 29.8 Å². The summed E-state index contributed by atoms with van der Waals surface area (Å²) in [5.41, 5.74) is 0.766. The maximum Gasteiger partial charge on any atom is 0.146 e. The highest BCUT2D eigenvalue weighted by Gasteiger charge is 2.42. The van der Waals surface area contributed by atoms with E-state index in [1.165, 1.54) is 11.9 Å². The Labute approximate surface area is 123 Å². The molecule has 20 heavy (non-hydrogen) atoms. The molecule has 1 spiro atoms. The molecule has 3 nitrogen and oxygen atoms in total. The summed E-state index contributed by atoms with van der Waals surface area (Å²) >= 11 is 1.97. The molecule has 1 aromatic heterocycles. The van der Waals surface area contributed by atoms with Crippen molar-refractivity contribution in [2.75, 3.05) is 25.2 Å². The molecule has 2 fully saturated rings. The molecule has 0 bridgehead atoms. The molecule has 0 aromatic carbocycles. The summed E-state index contributed by atoms with van der Waals surface area (Å²) in [5.74, 6) is 2.47. The SMILES string of the molecule is CNC(c1ccncc1F)C1CCOC2(CCSC2)C1. The summed E-state index contributed by atoms with van der Waals surface area (Å²) in [6.07, 6.45) is 6.11. The van der Waals surface area contributed by atoms with Crippen molar-refractivity contribution in [2.24, 2.45) is 5.92 Å². The number of hydrogen-bond donors (Lipinski definition) is 1. The molecule has 3 rings (SSSR count). The first-order valence-electron chi connectivity index (χ1n) is 7.22. The third-order valence-corrected chi connectivity index (χ3v) is 5.74. The molecular formula is C15H21FN2OS.